The number of alkyl halides is 3. The van der Waals surface area contributed by atoms with Crippen LogP contribution in [0.25, 0.3) is 0 Å². The zero-order valence-electron chi connectivity index (χ0n) is 16.6. The van der Waals surface area contributed by atoms with Gasteiger partial charge in [-0.25, -0.2) is 0 Å². The zero-order chi connectivity index (χ0) is 21.4. The summed E-state index contributed by atoms with van der Waals surface area (Å²) in [6.45, 7) is 0.312. The monoisotopic (exact) mass is 423 g/mol. The molecule has 2 aromatic rings. The number of nitrogens with zero attached hydrogens (tertiary/aromatic N) is 1. The van der Waals surface area contributed by atoms with Crippen LogP contribution >= 0.6 is 0 Å². The summed E-state index contributed by atoms with van der Waals surface area (Å²) in [6.07, 6.45) is -3.49. The number of nitrogens with one attached hydrogen (secondary N) is 2. The first-order valence-electron chi connectivity index (χ1n) is 9.52. The van der Waals surface area contributed by atoms with E-state index in [1.807, 2.05) is 24.3 Å². The lowest BCUT2D eigenvalue weighted by Crippen LogP contribution is -2.30. The van der Waals surface area contributed by atoms with Crippen LogP contribution in [0.15, 0.2) is 47.5 Å². The van der Waals surface area contributed by atoms with Crippen LogP contribution in [0.1, 0.15) is 17.5 Å². The normalized spacial score (nSPS) is 14.2. The van der Waals surface area contributed by atoms with E-state index in [0.29, 0.717) is 42.8 Å². The van der Waals surface area contributed by atoms with Crippen molar-refractivity contribution in [3.05, 3.63) is 53.6 Å². The van der Waals surface area contributed by atoms with Gasteiger partial charge < -0.3 is 24.8 Å². The zero-order valence-corrected chi connectivity index (χ0v) is 16.6. The summed E-state index contributed by atoms with van der Waals surface area (Å²) in [7, 11) is 1.65. The van der Waals surface area contributed by atoms with Crippen molar-refractivity contribution < 1.29 is 27.4 Å². The average molecular weight is 423 g/mol. The molecular formula is C21H24F3N3O3. The lowest BCUT2D eigenvalue weighted by molar-refractivity contribution is -0.176. The van der Waals surface area contributed by atoms with Gasteiger partial charge in [0.05, 0.1) is 19.8 Å². The van der Waals surface area contributed by atoms with Crippen molar-refractivity contribution in [2.75, 3.05) is 32.2 Å². The van der Waals surface area contributed by atoms with Crippen molar-refractivity contribution in [2.45, 2.75) is 25.7 Å². The summed E-state index contributed by atoms with van der Waals surface area (Å²) in [4.78, 5) is 4.20. The third-order valence-corrected chi connectivity index (χ3v) is 4.22. The minimum Gasteiger partial charge on any atom is -0.490 e. The molecule has 0 spiro atoms. The highest BCUT2D eigenvalue weighted by molar-refractivity contribution is 5.93. The number of rotatable bonds is 6. The van der Waals surface area contributed by atoms with Gasteiger partial charge in [0, 0.05) is 31.8 Å². The molecule has 1 heterocycles. The Hall–Kier alpha value is -2.94. The van der Waals surface area contributed by atoms with E-state index in [0.717, 1.165) is 17.7 Å². The number of guanidine groups is 1. The van der Waals surface area contributed by atoms with Crippen molar-refractivity contribution >= 4 is 11.6 Å². The molecule has 0 amide bonds. The van der Waals surface area contributed by atoms with Crippen molar-refractivity contribution in [3.8, 4) is 11.5 Å². The summed E-state index contributed by atoms with van der Waals surface area (Å²) < 4.78 is 52.7. The van der Waals surface area contributed by atoms with E-state index >= 15 is 0 Å². The molecule has 3 rings (SSSR count). The maximum absolute atomic E-state index is 12.2. The van der Waals surface area contributed by atoms with E-state index in [2.05, 4.69) is 15.6 Å². The number of aliphatic imine (C=N–C) groups is 1. The van der Waals surface area contributed by atoms with E-state index in [1.54, 1.807) is 25.2 Å². The van der Waals surface area contributed by atoms with Gasteiger partial charge in [0.2, 0.25) is 0 Å². The number of benzene rings is 2. The smallest absolute Gasteiger partial charge is 0.411 e. The molecule has 0 atom stereocenters. The van der Waals surface area contributed by atoms with Gasteiger partial charge in [0.1, 0.15) is 6.61 Å². The van der Waals surface area contributed by atoms with Crippen LogP contribution in [0.5, 0.6) is 11.5 Å². The predicted molar refractivity (Wildman–Crippen MR) is 108 cm³/mol. The number of hydrogen-bond acceptors (Lipinski definition) is 4. The molecule has 6 nitrogen and oxygen atoms in total. The molecule has 1 aliphatic heterocycles. The molecule has 0 radical (unpaired) electrons. The number of hydrogen-bond donors (Lipinski definition) is 2. The Kier molecular flexibility index (Phi) is 7.40. The molecule has 1 aliphatic rings. The van der Waals surface area contributed by atoms with Gasteiger partial charge in [0.15, 0.2) is 17.5 Å². The summed E-state index contributed by atoms with van der Waals surface area (Å²) in [5.41, 5.74) is 2.36. The van der Waals surface area contributed by atoms with Crippen molar-refractivity contribution in [3.63, 3.8) is 0 Å². The molecule has 0 fully saturated rings. The number of halogens is 3. The van der Waals surface area contributed by atoms with Crippen LogP contribution in [-0.2, 0) is 17.9 Å². The van der Waals surface area contributed by atoms with Crippen LogP contribution in [0, 0.1) is 0 Å². The summed E-state index contributed by atoms with van der Waals surface area (Å²) >= 11 is 0. The SMILES string of the molecule is CN=C(NCc1cccc(COCC(F)(F)F)c1)Nc1ccc2c(c1)OCCCO2. The number of fused-ring (bicyclic) bond motifs is 1. The maximum Gasteiger partial charge on any atom is 0.411 e. The van der Waals surface area contributed by atoms with Gasteiger partial charge in [-0.3, -0.25) is 4.99 Å². The second-order valence-electron chi connectivity index (χ2n) is 6.69. The summed E-state index contributed by atoms with van der Waals surface area (Å²) in [5, 5.41) is 6.37. The minimum absolute atomic E-state index is 0.0997. The molecule has 162 valence electrons. The van der Waals surface area contributed by atoms with E-state index < -0.39 is 12.8 Å². The topological polar surface area (TPSA) is 64.1 Å². The molecule has 30 heavy (non-hydrogen) atoms. The lowest BCUT2D eigenvalue weighted by Gasteiger charge is -2.14. The largest absolute Gasteiger partial charge is 0.490 e. The molecule has 0 aromatic heterocycles. The number of anilines is 1. The highest BCUT2D eigenvalue weighted by Gasteiger charge is 2.27. The fourth-order valence-corrected chi connectivity index (χ4v) is 2.86. The lowest BCUT2D eigenvalue weighted by atomic mass is 10.1. The Balaban J connectivity index is 1.54. The van der Waals surface area contributed by atoms with Crippen molar-refractivity contribution in [2.24, 2.45) is 4.99 Å². The van der Waals surface area contributed by atoms with Gasteiger partial charge in [-0.1, -0.05) is 24.3 Å². The molecule has 2 N–H and O–H groups in total. The van der Waals surface area contributed by atoms with Gasteiger partial charge in [-0.05, 0) is 23.3 Å². The van der Waals surface area contributed by atoms with Gasteiger partial charge in [-0.2, -0.15) is 13.2 Å². The molecule has 9 heteroatoms. The highest BCUT2D eigenvalue weighted by atomic mass is 19.4. The van der Waals surface area contributed by atoms with Gasteiger partial charge >= 0.3 is 6.18 Å². The van der Waals surface area contributed by atoms with Crippen LogP contribution in [0.4, 0.5) is 18.9 Å². The highest BCUT2D eigenvalue weighted by Crippen LogP contribution is 2.32. The summed E-state index contributed by atoms with van der Waals surface area (Å²) in [6, 6.07) is 12.8. The molecule has 2 aromatic carbocycles. The fourth-order valence-electron chi connectivity index (χ4n) is 2.86. The third kappa shape index (κ3) is 6.84. The Morgan fingerprint density at radius 3 is 2.60 bits per heavy atom. The van der Waals surface area contributed by atoms with Crippen LogP contribution in [0.2, 0.25) is 0 Å². The van der Waals surface area contributed by atoms with Crippen LogP contribution in [-0.4, -0.2) is 39.0 Å². The van der Waals surface area contributed by atoms with Crippen molar-refractivity contribution in [1.82, 2.24) is 5.32 Å². The molecular weight excluding hydrogens is 399 g/mol. The Morgan fingerprint density at radius 1 is 1.07 bits per heavy atom. The maximum atomic E-state index is 12.2. The van der Waals surface area contributed by atoms with E-state index in [-0.39, 0.29) is 6.61 Å². The average Bonchev–Trinajstić information content (AvgIpc) is 2.95. The molecule has 0 unspecified atom stereocenters. The third-order valence-electron chi connectivity index (χ3n) is 4.22. The number of ether oxygens (including phenoxy) is 3. The molecule has 0 saturated heterocycles. The second-order valence-corrected chi connectivity index (χ2v) is 6.69. The first-order chi connectivity index (χ1) is 14.4. The van der Waals surface area contributed by atoms with Gasteiger partial charge in [-0.15, -0.1) is 0 Å². The first-order valence-corrected chi connectivity index (χ1v) is 9.52. The van der Waals surface area contributed by atoms with Crippen molar-refractivity contribution in [1.29, 1.82) is 0 Å². The minimum atomic E-state index is -4.33. The van der Waals surface area contributed by atoms with E-state index in [9.17, 15) is 13.2 Å². The van der Waals surface area contributed by atoms with E-state index in [4.69, 9.17) is 14.2 Å². The molecule has 0 bridgehead atoms. The standard InChI is InChI=1S/C21H24F3N3O3/c1-25-20(27-17-6-7-18-19(11-17)30-9-3-8-29-18)26-12-15-4-2-5-16(10-15)13-28-14-21(22,23)24/h2,4-7,10-11H,3,8-9,12-14H2,1H3,(H2,25,26,27). The van der Waals surface area contributed by atoms with Gasteiger partial charge in [0.25, 0.3) is 0 Å². The predicted octanol–water partition coefficient (Wildman–Crippen LogP) is 4.11. The molecule has 0 aliphatic carbocycles. The summed E-state index contributed by atoms with van der Waals surface area (Å²) in [5.74, 6) is 1.94. The van der Waals surface area contributed by atoms with Crippen LogP contribution < -0.4 is 20.1 Å². The fraction of sp³-hybridized carbons (Fsp3) is 0.381. The van der Waals surface area contributed by atoms with Crippen LogP contribution in [0.3, 0.4) is 0 Å². The Labute approximate surface area is 173 Å². The Bertz CT molecular complexity index is 872. The first kappa shape index (κ1) is 21.8. The quantitative estimate of drug-likeness (QED) is 0.541. The Morgan fingerprint density at radius 2 is 1.83 bits per heavy atom. The molecule has 0 saturated carbocycles. The second kappa shape index (κ2) is 10.2. The van der Waals surface area contributed by atoms with E-state index in [1.165, 1.54) is 0 Å².